The van der Waals surface area contributed by atoms with Gasteiger partial charge in [0, 0.05) is 0 Å². The van der Waals surface area contributed by atoms with Gasteiger partial charge in [0.15, 0.2) is 6.61 Å². The molecule has 1 N–H and O–H groups in total. The summed E-state index contributed by atoms with van der Waals surface area (Å²) in [5.74, 6) is -1.19. The summed E-state index contributed by atoms with van der Waals surface area (Å²) in [6.45, 7) is 1.21. The molecular weight excluding hydrogens is 337 g/mol. The Morgan fingerprint density at radius 3 is 2.62 bits per heavy atom. The highest BCUT2D eigenvalue weighted by molar-refractivity contribution is 6.33. The second-order valence-electron chi connectivity index (χ2n) is 4.93. The Labute approximate surface area is 143 Å². The third-order valence-electron chi connectivity index (χ3n) is 3.19. The maximum atomic E-state index is 13.1. The molecule has 7 heteroatoms. The second kappa shape index (κ2) is 7.79. The molecule has 1 amide bonds. The van der Waals surface area contributed by atoms with Gasteiger partial charge in [-0.2, -0.15) is 0 Å². The van der Waals surface area contributed by atoms with Crippen LogP contribution in [0.15, 0.2) is 36.4 Å². The Morgan fingerprint density at radius 2 is 1.96 bits per heavy atom. The van der Waals surface area contributed by atoms with E-state index < -0.39 is 24.3 Å². The average molecular weight is 352 g/mol. The van der Waals surface area contributed by atoms with Gasteiger partial charge >= 0.3 is 5.97 Å². The number of rotatable bonds is 5. The Morgan fingerprint density at radius 1 is 1.21 bits per heavy atom. The van der Waals surface area contributed by atoms with Crippen molar-refractivity contribution in [2.45, 2.75) is 6.92 Å². The number of nitrogens with one attached hydrogen (secondary N) is 1. The minimum atomic E-state index is -0.643. The van der Waals surface area contributed by atoms with Gasteiger partial charge in [-0.1, -0.05) is 11.6 Å². The summed E-state index contributed by atoms with van der Waals surface area (Å²) >= 11 is 5.85. The summed E-state index contributed by atoms with van der Waals surface area (Å²) in [4.78, 5) is 23.8. The minimum absolute atomic E-state index is 0.110. The molecule has 0 spiro atoms. The number of benzene rings is 2. The van der Waals surface area contributed by atoms with Gasteiger partial charge in [-0.15, -0.1) is 0 Å². The van der Waals surface area contributed by atoms with Crippen molar-refractivity contribution in [2.24, 2.45) is 0 Å². The van der Waals surface area contributed by atoms with Crippen molar-refractivity contribution in [1.29, 1.82) is 0 Å². The number of aryl methyl sites for hydroxylation is 1. The molecule has 5 nitrogen and oxygen atoms in total. The van der Waals surface area contributed by atoms with Crippen molar-refractivity contribution < 1.29 is 23.5 Å². The molecule has 2 aromatic rings. The summed E-state index contributed by atoms with van der Waals surface area (Å²) < 4.78 is 23.1. The molecule has 0 unspecified atom stereocenters. The SMILES string of the molecule is COc1ccc(C(=O)OCC(=O)Nc2cc(F)ccc2Cl)c(C)c1. The molecule has 24 heavy (non-hydrogen) atoms. The Balaban J connectivity index is 1.96. The molecule has 2 aromatic carbocycles. The van der Waals surface area contributed by atoms with E-state index in [4.69, 9.17) is 21.1 Å². The summed E-state index contributed by atoms with van der Waals surface area (Å²) in [7, 11) is 1.52. The fourth-order valence-electron chi connectivity index (χ4n) is 1.98. The predicted molar refractivity (Wildman–Crippen MR) is 88.1 cm³/mol. The van der Waals surface area contributed by atoms with Crippen LogP contribution in [0.2, 0.25) is 5.02 Å². The highest BCUT2D eigenvalue weighted by Gasteiger charge is 2.14. The van der Waals surface area contributed by atoms with Crippen molar-refractivity contribution in [1.82, 2.24) is 0 Å². The van der Waals surface area contributed by atoms with E-state index in [1.165, 1.54) is 19.2 Å². The van der Waals surface area contributed by atoms with E-state index in [1.807, 2.05) is 0 Å². The highest BCUT2D eigenvalue weighted by Crippen LogP contribution is 2.22. The van der Waals surface area contributed by atoms with E-state index in [1.54, 1.807) is 25.1 Å². The molecule has 0 heterocycles. The average Bonchev–Trinajstić information content (AvgIpc) is 2.55. The number of carbonyl (C=O) groups excluding carboxylic acids is 2. The van der Waals surface area contributed by atoms with Gasteiger partial charge < -0.3 is 14.8 Å². The number of halogens is 2. The van der Waals surface area contributed by atoms with Gasteiger partial charge in [0.25, 0.3) is 5.91 Å². The maximum absolute atomic E-state index is 13.1. The number of esters is 1. The quantitative estimate of drug-likeness (QED) is 0.836. The van der Waals surface area contributed by atoms with Crippen LogP contribution in [0.4, 0.5) is 10.1 Å². The summed E-state index contributed by atoms with van der Waals surface area (Å²) in [5.41, 5.74) is 1.10. The topological polar surface area (TPSA) is 64.6 Å². The lowest BCUT2D eigenvalue weighted by atomic mass is 10.1. The van der Waals surface area contributed by atoms with Crippen LogP contribution in [0, 0.1) is 12.7 Å². The third-order valence-corrected chi connectivity index (χ3v) is 3.52. The monoisotopic (exact) mass is 351 g/mol. The van der Waals surface area contributed by atoms with E-state index >= 15 is 0 Å². The Bertz CT molecular complexity index is 779. The van der Waals surface area contributed by atoms with Gasteiger partial charge in [0.1, 0.15) is 11.6 Å². The number of ether oxygens (including phenoxy) is 2. The molecule has 0 atom stereocenters. The largest absolute Gasteiger partial charge is 0.497 e. The first-order valence-electron chi connectivity index (χ1n) is 6.97. The minimum Gasteiger partial charge on any atom is -0.497 e. The zero-order valence-electron chi connectivity index (χ0n) is 13.1. The van der Waals surface area contributed by atoms with E-state index in [0.29, 0.717) is 16.9 Å². The standard InChI is InChI=1S/C17H15ClFNO4/c1-10-7-12(23-2)4-5-13(10)17(22)24-9-16(21)20-15-8-11(19)3-6-14(15)18/h3-8H,9H2,1-2H3,(H,20,21). The number of carbonyl (C=O) groups is 2. The first-order chi connectivity index (χ1) is 11.4. The van der Waals surface area contributed by atoms with Crippen LogP contribution < -0.4 is 10.1 Å². The molecule has 0 saturated heterocycles. The molecule has 2 rings (SSSR count). The number of hydrogen-bond acceptors (Lipinski definition) is 4. The van der Waals surface area contributed by atoms with Crippen LogP contribution in [-0.2, 0) is 9.53 Å². The van der Waals surface area contributed by atoms with E-state index in [-0.39, 0.29) is 10.7 Å². The summed E-state index contributed by atoms with van der Waals surface area (Å²) in [6, 6.07) is 8.43. The van der Waals surface area contributed by atoms with Crippen LogP contribution in [0.5, 0.6) is 5.75 Å². The van der Waals surface area contributed by atoms with Crippen molar-refractivity contribution in [3.63, 3.8) is 0 Å². The molecule has 0 aliphatic rings. The van der Waals surface area contributed by atoms with Crippen molar-refractivity contribution >= 4 is 29.2 Å². The lowest BCUT2D eigenvalue weighted by Crippen LogP contribution is -2.21. The second-order valence-corrected chi connectivity index (χ2v) is 5.34. The van der Waals surface area contributed by atoms with Gasteiger partial charge in [-0.3, -0.25) is 4.79 Å². The molecule has 0 aromatic heterocycles. The van der Waals surface area contributed by atoms with E-state index in [2.05, 4.69) is 5.32 Å². The lowest BCUT2D eigenvalue weighted by molar-refractivity contribution is -0.119. The van der Waals surface area contributed by atoms with Crippen LogP contribution in [0.3, 0.4) is 0 Å². The number of anilines is 1. The van der Waals surface area contributed by atoms with Gasteiger partial charge in [0.05, 0.1) is 23.4 Å². The smallest absolute Gasteiger partial charge is 0.338 e. The molecule has 126 valence electrons. The maximum Gasteiger partial charge on any atom is 0.338 e. The molecule has 0 aliphatic heterocycles. The van der Waals surface area contributed by atoms with Crippen molar-refractivity contribution in [3.8, 4) is 5.75 Å². The molecule has 0 bridgehead atoms. The molecule has 0 fully saturated rings. The number of amides is 1. The fourth-order valence-corrected chi connectivity index (χ4v) is 2.15. The van der Waals surface area contributed by atoms with Crippen molar-refractivity contribution in [3.05, 3.63) is 58.4 Å². The van der Waals surface area contributed by atoms with Gasteiger partial charge in [-0.05, 0) is 48.9 Å². The van der Waals surface area contributed by atoms with Crippen LogP contribution in [-0.4, -0.2) is 25.6 Å². The lowest BCUT2D eigenvalue weighted by Gasteiger charge is -2.10. The molecule has 0 aliphatic carbocycles. The Kier molecular flexibility index (Phi) is 5.76. The van der Waals surface area contributed by atoms with Crippen LogP contribution in [0.1, 0.15) is 15.9 Å². The third kappa shape index (κ3) is 4.45. The molecule has 0 saturated carbocycles. The first-order valence-corrected chi connectivity index (χ1v) is 7.35. The predicted octanol–water partition coefficient (Wildman–Crippen LogP) is 3.59. The summed E-state index contributed by atoms with van der Waals surface area (Å²) in [6.07, 6.45) is 0. The zero-order chi connectivity index (χ0) is 17.7. The Hall–Kier alpha value is -2.60. The zero-order valence-corrected chi connectivity index (χ0v) is 13.8. The highest BCUT2D eigenvalue weighted by atomic mass is 35.5. The van der Waals surface area contributed by atoms with Crippen LogP contribution in [0.25, 0.3) is 0 Å². The van der Waals surface area contributed by atoms with E-state index in [0.717, 1.165) is 6.07 Å². The van der Waals surface area contributed by atoms with Crippen LogP contribution >= 0.6 is 11.6 Å². The number of hydrogen-bond donors (Lipinski definition) is 1. The normalized spacial score (nSPS) is 10.2. The number of methoxy groups -OCH3 is 1. The fraction of sp³-hybridized carbons (Fsp3) is 0.176. The van der Waals surface area contributed by atoms with Gasteiger partial charge in [-0.25, -0.2) is 9.18 Å². The molecule has 0 radical (unpaired) electrons. The molecular formula is C17H15ClFNO4. The first kappa shape index (κ1) is 17.7. The van der Waals surface area contributed by atoms with Gasteiger partial charge in [0.2, 0.25) is 0 Å². The van der Waals surface area contributed by atoms with E-state index in [9.17, 15) is 14.0 Å². The summed E-state index contributed by atoms with van der Waals surface area (Å²) in [5, 5.41) is 2.57. The van der Waals surface area contributed by atoms with Crippen molar-refractivity contribution in [2.75, 3.05) is 19.0 Å².